The maximum absolute atomic E-state index is 12.8. The molecule has 0 spiro atoms. The van der Waals surface area contributed by atoms with Crippen LogP contribution in [0.2, 0.25) is 0 Å². The molecule has 2 heteroatoms. The molecule has 0 aromatic heterocycles. The number of benzene rings is 1. The van der Waals surface area contributed by atoms with Gasteiger partial charge in [0.25, 0.3) is 0 Å². The number of ketones is 2. The van der Waals surface area contributed by atoms with Crippen LogP contribution < -0.4 is 0 Å². The van der Waals surface area contributed by atoms with Gasteiger partial charge >= 0.3 is 0 Å². The highest BCUT2D eigenvalue weighted by Gasteiger charge is 2.33. The Kier molecular flexibility index (Phi) is 6.11. The van der Waals surface area contributed by atoms with Gasteiger partial charge in [0.15, 0.2) is 0 Å². The van der Waals surface area contributed by atoms with Crippen LogP contribution in [0.3, 0.4) is 0 Å². The third-order valence-electron chi connectivity index (χ3n) is 6.27. The fraction of sp³-hybridized carbons (Fsp3) is 0.583. The Morgan fingerprint density at radius 1 is 1.19 bits per heavy atom. The number of allylic oxidation sites excluding steroid dienone is 2. The SMILES string of the molecule is CCCC1CC2CC(=CCCC1C(=O)CC(C)=O)c1c(C)cccc1C2. The summed E-state index contributed by atoms with van der Waals surface area (Å²) in [7, 11) is 0. The summed E-state index contributed by atoms with van der Waals surface area (Å²) in [4.78, 5) is 24.3. The first-order valence-electron chi connectivity index (χ1n) is 10.3. The molecular weight excluding hydrogens is 320 g/mol. The molecule has 1 aromatic carbocycles. The molecule has 0 saturated heterocycles. The lowest BCUT2D eigenvalue weighted by Crippen LogP contribution is -2.28. The molecule has 2 bridgehead atoms. The molecule has 0 fully saturated rings. The van der Waals surface area contributed by atoms with E-state index in [1.165, 1.54) is 29.2 Å². The van der Waals surface area contributed by atoms with Gasteiger partial charge in [-0.3, -0.25) is 9.59 Å². The lowest BCUT2D eigenvalue weighted by atomic mass is 9.72. The highest BCUT2D eigenvalue weighted by atomic mass is 16.1. The van der Waals surface area contributed by atoms with E-state index in [1.807, 2.05) is 0 Å². The van der Waals surface area contributed by atoms with E-state index in [1.54, 1.807) is 0 Å². The molecule has 2 nitrogen and oxygen atoms in total. The third-order valence-corrected chi connectivity index (χ3v) is 6.27. The summed E-state index contributed by atoms with van der Waals surface area (Å²) in [5.74, 6) is 1.29. The van der Waals surface area contributed by atoms with Crippen LogP contribution in [-0.4, -0.2) is 11.6 Å². The predicted octanol–water partition coefficient (Wildman–Crippen LogP) is 5.71. The highest BCUT2D eigenvalue weighted by Crippen LogP contribution is 2.43. The first-order valence-corrected chi connectivity index (χ1v) is 10.3. The number of hydrogen-bond donors (Lipinski definition) is 0. The lowest BCUT2D eigenvalue weighted by molar-refractivity contribution is -0.130. The Labute approximate surface area is 158 Å². The van der Waals surface area contributed by atoms with Crippen LogP contribution in [0.25, 0.3) is 5.57 Å². The normalized spacial score (nSPS) is 25.3. The molecule has 1 aromatic rings. The van der Waals surface area contributed by atoms with Gasteiger partial charge < -0.3 is 0 Å². The minimum Gasteiger partial charge on any atom is -0.300 e. The van der Waals surface area contributed by atoms with E-state index in [0.717, 1.165) is 44.9 Å². The van der Waals surface area contributed by atoms with Crippen molar-refractivity contribution in [2.45, 2.75) is 72.1 Å². The molecule has 140 valence electrons. The summed E-state index contributed by atoms with van der Waals surface area (Å²) in [6.45, 7) is 5.96. The number of rotatable bonds is 5. The minimum absolute atomic E-state index is 0.00486. The van der Waals surface area contributed by atoms with Crippen molar-refractivity contribution in [2.75, 3.05) is 0 Å². The van der Waals surface area contributed by atoms with Gasteiger partial charge in [-0.25, -0.2) is 0 Å². The number of carbonyl (C=O) groups is 2. The number of aryl methyl sites for hydroxylation is 1. The van der Waals surface area contributed by atoms with Crippen molar-refractivity contribution < 1.29 is 9.59 Å². The number of carbonyl (C=O) groups excluding carboxylic acids is 2. The zero-order valence-electron chi connectivity index (χ0n) is 16.5. The molecule has 2 aliphatic carbocycles. The van der Waals surface area contributed by atoms with Crippen LogP contribution in [0.4, 0.5) is 0 Å². The Balaban J connectivity index is 1.91. The van der Waals surface area contributed by atoms with Crippen LogP contribution in [0.15, 0.2) is 24.3 Å². The van der Waals surface area contributed by atoms with E-state index in [-0.39, 0.29) is 23.9 Å². The molecule has 26 heavy (non-hydrogen) atoms. The van der Waals surface area contributed by atoms with Crippen molar-refractivity contribution in [1.29, 1.82) is 0 Å². The number of Topliss-reactive ketones (excluding diaryl/α,β-unsaturated/α-hetero) is 2. The van der Waals surface area contributed by atoms with E-state index in [4.69, 9.17) is 0 Å². The van der Waals surface area contributed by atoms with E-state index in [9.17, 15) is 9.59 Å². The van der Waals surface area contributed by atoms with Gasteiger partial charge in [-0.05, 0) is 80.1 Å². The molecular formula is C24H32O2. The maximum atomic E-state index is 12.8. The van der Waals surface area contributed by atoms with Gasteiger partial charge in [-0.15, -0.1) is 0 Å². The second kappa shape index (κ2) is 8.33. The molecule has 0 aliphatic heterocycles. The molecule has 0 radical (unpaired) electrons. The van der Waals surface area contributed by atoms with Crippen LogP contribution >= 0.6 is 0 Å². The first kappa shape index (κ1) is 19.1. The predicted molar refractivity (Wildman–Crippen MR) is 107 cm³/mol. The summed E-state index contributed by atoms with van der Waals surface area (Å²) < 4.78 is 0. The maximum Gasteiger partial charge on any atom is 0.143 e. The summed E-state index contributed by atoms with van der Waals surface area (Å²) >= 11 is 0. The smallest absolute Gasteiger partial charge is 0.143 e. The second-order valence-electron chi connectivity index (χ2n) is 8.43. The zero-order valence-corrected chi connectivity index (χ0v) is 16.5. The van der Waals surface area contributed by atoms with Gasteiger partial charge in [-0.1, -0.05) is 44.0 Å². The van der Waals surface area contributed by atoms with E-state index < -0.39 is 0 Å². The third kappa shape index (κ3) is 4.16. The monoisotopic (exact) mass is 352 g/mol. The molecule has 2 aliphatic rings. The summed E-state index contributed by atoms with van der Waals surface area (Å²) in [6.07, 6.45) is 9.95. The van der Waals surface area contributed by atoms with Crippen molar-refractivity contribution in [3.05, 3.63) is 41.0 Å². The largest absolute Gasteiger partial charge is 0.300 e. The van der Waals surface area contributed by atoms with Gasteiger partial charge in [0, 0.05) is 5.92 Å². The Bertz CT molecular complexity index is 713. The fourth-order valence-corrected chi connectivity index (χ4v) is 5.26. The molecule has 0 N–H and O–H groups in total. The second-order valence-corrected chi connectivity index (χ2v) is 8.43. The standard InChI is InChI=1S/C24H32O2/c1-4-7-19-13-18-14-20-9-5-8-16(2)24(20)21(15-18)10-6-11-22(19)23(26)12-17(3)25/h5,8-10,18-19,22H,4,6-7,11-15H2,1-3H3. The number of hydrogen-bond acceptors (Lipinski definition) is 2. The van der Waals surface area contributed by atoms with Crippen LogP contribution in [0.1, 0.15) is 75.5 Å². The van der Waals surface area contributed by atoms with E-state index >= 15 is 0 Å². The van der Waals surface area contributed by atoms with Crippen molar-refractivity contribution >= 4 is 17.1 Å². The van der Waals surface area contributed by atoms with Crippen LogP contribution in [0.5, 0.6) is 0 Å². The molecule has 0 heterocycles. The Morgan fingerprint density at radius 2 is 2.00 bits per heavy atom. The average molecular weight is 353 g/mol. The summed E-state index contributed by atoms with van der Waals surface area (Å²) in [5, 5.41) is 0. The first-order chi connectivity index (χ1) is 12.5. The van der Waals surface area contributed by atoms with Gasteiger partial charge in [0.1, 0.15) is 11.6 Å². The minimum atomic E-state index is 0.00486. The van der Waals surface area contributed by atoms with Crippen molar-refractivity contribution in [2.24, 2.45) is 17.8 Å². The quantitative estimate of drug-likeness (QED) is 0.636. The molecule has 3 rings (SSSR count). The van der Waals surface area contributed by atoms with Crippen molar-refractivity contribution in [3.8, 4) is 0 Å². The highest BCUT2D eigenvalue weighted by molar-refractivity contribution is 5.99. The molecule has 3 atom stereocenters. The van der Waals surface area contributed by atoms with Crippen molar-refractivity contribution in [3.63, 3.8) is 0 Å². The van der Waals surface area contributed by atoms with Gasteiger partial charge in [0.05, 0.1) is 6.42 Å². The zero-order chi connectivity index (χ0) is 18.7. The fourth-order valence-electron chi connectivity index (χ4n) is 5.26. The van der Waals surface area contributed by atoms with E-state index in [0.29, 0.717) is 11.8 Å². The van der Waals surface area contributed by atoms with Crippen LogP contribution in [0, 0.1) is 24.7 Å². The van der Waals surface area contributed by atoms with Gasteiger partial charge in [-0.2, -0.15) is 0 Å². The number of fused-ring (bicyclic) bond motifs is 4. The molecule has 0 saturated carbocycles. The summed E-state index contributed by atoms with van der Waals surface area (Å²) in [5.41, 5.74) is 5.81. The lowest BCUT2D eigenvalue weighted by Gasteiger charge is -2.32. The summed E-state index contributed by atoms with van der Waals surface area (Å²) in [6, 6.07) is 6.68. The molecule has 3 unspecified atom stereocenters. The van der Waals surface area contributed by atoms with Crippen LogP contribution in [-0.2, 0) is 16.0 Å². The van der Waals surface area contributed by atoms with E-state index in [2.05, 4.69) is 38.1 Å². The Morgan fingerprint density at radius 3 is 2.73 bits per heavy atom. The topological polar surface area (TPSA) is 34.1 Å². The van der Waals surface area contributed by atoms with Gasteiger partial charge in [0.2, 0.25) is 0 Å². The average Bonchev–Trinajstić information content (AvgIpc) is 2.63. The van der Waals surface area contributed by atoms with Crippen molar-refractivity contribution in [1.82, 2.24) is 0 Å². The molecule has 0 amide bonds. The Hall–Kier alpha value is -1.70.